The minimum absolute atomic E-state index is 0.000491. The van der Waals surface area contributed by atoms with E-state index in [1.54, 1.807) is 24.3 Å². The van der Waals surface area contributed by atoms with Crippen LogP contribution in [0.3, 0.4) is 0 Å². The van der Waals surface area contributed by atoms with Crippen LogP contribution in [0, 0.1) is 0 Å². The second kappa shape index (κ2) is 11.3. The second-order valence-corrected chi connectivity index (χ2v) is 7.33. The fourth-order valence-electron chi connectivity index (χ4n) is 2.39. The SMILES string of the molecule is CC(C)NC(=O)COc1ccc(/C=N\NC(=O)C(=O)Nc2ccc(Cl)c(C(F)(F)F)c2)cc1. The molecule has 0 spiro atoms. The van der Waals surface area contributed by atoms with E-state index in [9.17, 15) is 27.6 Å². The number of hydrogen-bond donors (Lipinski definition) is 3. The molecule has 0 radical (unpaired) electrons. The zero-order valence-electron chi connectivity index (χ0n) is 17.5. The average Bonchev–Trinajstić information content (AvgIpc) is 2.73. The van der Waals surface area contributed by atoms with Crippen molar-refractivity contribution in [3.8, 4) is 5.75 Å². The molecule has 2 rings (SSSR count). The smallest absolute Gasteiger partial charge is 0.417 e. The molecule has 8 nitrogen and oxygen atoms in total. The summed E-state index contributed by atoms with van der Waals surface area (Å²) >= 11 is 5.51. The summed E-state index contributed by atoms with van der Waals surface area (Å²) in [4.78, 5) is 35.3. The summed E-state index contributed by atoms with van der Waals surface area (Å²) in [5.41, 5.74) is 1.11. The highest BCUT2D eigenvalue weighted by atomic mass is 35.5. The van der Waals surface area contributed by atoms with Crippen molar-refractivity contribution in [1.82, 2.24) is 10.7 Å². The molecule has 0 atom stereocenters. The lowest BCUT2D eigenvalue weighted by Gasteiger charge is -2.11. The third-order valence-electron chi connectivity index (χ3n) is 3.82. The van der Waals surface area contributed by atoms with Gasteiger partial charge in [0.2, 0.25) is 0 Å². The van der Waals surface area contributed by atoms with Gasteiger partial charge in [-0.15, -0.1) is 0 Å². The maximum Gasteiger partial charge on any atom is 0.417 e. The molecule has 0 unspecified atom stereocenters. The first-order valence-corrected chi connectivity index (χ1v) is 9.87. The number of alkyl halides is 3. The van der Waals surface area contributed by atoms with Crippen LogP contribution >= 0.6 is 11.6 Å². The predicted octanol–water partition coefficient (Wildman–Crippen LogP) is 3.35. The number of carbonyl (C=O) groups excluding carboxylic acids is 3. The first-order valence-electron chi connectivity index (χ1n) is 9.49. The van der Waals surface area contributed by atoms with Gasteiger partial charge in [0, 0.05) is 11.7 Å². The van der Waals surface area contributed by atoms with Crippen LogP contribution in [0.15, 0.2) is 47.6 Å². The van der Waals surface area contributed by atoms with Gasteiger partial charge in [-0.3, -0.25) is 14.4 Å². The molecule has 12 heteroatoms. The lowest BCUT2D eigenvalue weighted by molar-refractivity contribution is -0.137. The van der Waals surface area contributed by atoms with E-state index in [1.165, 1.54) is 6.21 Å². The summed E-state index contributed by atoms with van der Waals surface area (Å²) in [6.07, 6.45) is -3.48. The van der Waals surface area contributed by atoms with Gasteiger partial charge in [-0.05, 0) is 61.9 Å². The Hall–Kier alpha value is -3.60. The predicted molar refractivity (Wildman–Crippen MR) is 116 cm³/mol. The number of rotatable bonds is 7. The molecular weight excluding hydrogens is 465 g/mol. The van der Waals surface area contributed by atoms with Gasteiger partial charge in [0.05, 0.1) is 16.8 Å². The molecule has 0 bridgehead atoms. The van der Waals surface area contributed by atoms with Crippen molar-refractivity contribution in [1.29, 1.82) is 0 Å². The molecule has 3 N–H and O–H groups in total. The highest BCUT2D eigenvalue weighted by molar-refractivity contribution is 6.39. The minimum atomic E-state index is -4.72. The molecular formula is C21H20ClF3N4O4. The zero-order valence-corrected chi connectivity index (χ0v) is 18.3. The van der Waals surface area contributed by atoms with E-state index in [0.29, 0.717) is 17.4 Å². The Bertz CT molecular complexity index is 1040. The van der Waals surface area contributed by atoms with Crippen LogP contribution in [-0.4, -0.2) is 36.6 Å². The summed E-state index contributed by atoms with van der Waals surface area (Å²) in [5, 5.41) is 7.81. The summed E-state index contributed by atoms with van der Waals surface area (Å²) in [5.74, 6) is -2.22. The molecule has 0 aromatic heterocycles. The maximum absolute atomic E-state index is 12.9. The standard InChI is InChI=1S/C21H20ClF3N4O4/c1-12(2)27-18(30)11-33-15-6-3-13(4-7-15)10-26-29-20(32)19(31)28-14-5-8-17(22)16(9-14)21(23,24)25/h3-10,12H,11H2,1-2H3,(H,27,30)(H,28,31)(H,29,32)/b26-10-. The van der Waals surface area contributed by atoms with E-state index < -0.39 is 28.6 Å². The van der Waals surface area contributed by atoms with Crippen LogP contribution in [0.5, 0.6) is 5.75 Å². The molecule has 0 saturated carbocycles. The Balaban J connectivity index is 1.87. The maximum atomic E-state index is 12.9. The van der Waals surface area contributed by atoms with Gasteiger partial charge in [0.15, 0.2) is 6.61 Å². The molecule has 0 aliphatic rings. The summed E-state index contributed by atoms with van der Waals surface area (Å²) in [6.45, 7) is 3.51. The number of nitrogens with one attached hydrogen (secondary N) is 3. The summed E-state index contributed by atoms with van der Waals surface area (Å²) < 4.78 is 44.0. The third kappa shape index (κ3) is 8.45. The van der Waals surface area contributed by atoms with Crippen LogP contribution in [0.25, 0.3) is 0 Å². The van der Waals surface area contributed by atoms with Gasteiger partial charge in [-0.2, -0.15) is 18.3 Å². The fourth-order valence-corrected chi connectivity index (χ4v) is 2.61. The van der Waals surface area contributed by atoms with Crippen molar-refractivity contribution in [3.05, 3.63) is 58.6 Å². The Morgan fingerprint density at radius 2 is 1.76 bits per heavy atom. The average molecular weight is 485 g/mol. The number of ether oxygens (including phenoxy) is 1. The van der Waals surface area contributed by atoms with Gasteiger partial charge in [0.1, 0.15) is 5.75 Å². The monoisotopic (exact) mass is 484 g/mol. The Labute approximate surface area is 192 Å². The number of anilines is 1. The number of amides is 3. The number of halogens is 4. The van der Waals surface area contributed by atoms with E-state index in [4.69, 9.17) is 16.3 Å². The van der Waals surface area contributed by atoms with E-state index in [-0.39, 0.29) is 24.2 Å². The fraction of sp³-hybridized carbons (Fsp3) is 0.238. The van der Waals surface area contributed by atoms with Crippen molar-refractivity contribution >= 4 is 41.2 Å². The molecule has 2 aromatic carbocycles. The molecule has 0 saturated heterocycles. The normalized spacial score (nSPS) is 11.4. The number of carbonyl (C=O) groups is 3. The van der Waals surface area contributed by atoms with E-state index in [0.717, 1.165) is 12.1 Å². The van der Waals surface area contributed by atoms with Gasteiger partial charge in [-0.25, -0.2) is 5.43 Å². The van der Waals surface area contributed by atoms with Crippen LogP contribution in [0.4, 0.5) is 18.9 Å². The molecule has 0 fully saturated rings. The lowest BCUT2D eigenvalue weighted by Crippen LogP contribution is -2.34. The van der Waals surface area contributed by atoms with Crippen molar-refractivity contribution in [2.24, 2.45) is 5.10 Å². The molecule has 33 heavy (non-hydrogen) atoms. The molecule has 3 amide bonds. The quantitative estimate of drug-likeness (QED) is 0.318. The lowest BCUT2D eigenvalue weighted by atomic mass is 10.2. The third-order valence-corrected chi connectivity index (χ3v) is 4.14. The van der Waals surface area contributed by atoms with Crippen LogP contribution in [0.2, 0.25) is 5.02 Å². The molecule has 176 valence electrons. The molecule has 0 heterocycles. The topological polar surface area (TPSA) is 109 Å². The van der Waals surface area contributed by atoms with Crippen LogP contribution in [0.1, 0.15) is 25.0 Å². The molecule has 2 aromatic rings. The zero-order chi connectivity index (χ0) is 24.6. The summed E-state index contributed by atoms with van der Waals surface area (Å²) in [6, 6.07) is 9.06. The number of hydrogen-bond acceptors (Lipinski definition) is 5. The molecule has 0 aliphatic heterocycles. The molecule has 0 aliphatic carbocycles. The van der Waals surface area contributed by atoms with Gasteiger partial charge < -0.3 is 15.4 Å². The Morgan fingerprint density at radius 3 is 2.36 bits per heavy atom. The van der Waals surface area contributed by atoms with Gasteiger partial charge >= 0.3 is 18.0 Å². The van der Waals surface area contributed by atoms with Crippen molar-refractivity contribution in [2.45, 2.75) is 26.1 Å². The first kappa shape index (κ1) is 25.7. The van der Waals surface area contributed by atoms with Crippen LogP contribution in [-0.2, 0) is 20.6 Å². The van der Waals surface area contributed by atoms with Crippen molar-refractivity contribution in [3.63, 3.8) is 0 Å². The second-order valence-electron chi connectivity index (χ2n) is 6.93. The Kier molecular flexibility index (Phi) is 8.80. The number of hydrazone groups is 1. The number of nitrogens with zero attached hydrogens (tertiary/aromatic N) is 1. The van der Waals surface area contributed by atoms with E-state index in [1.807, 2.05) is 24.6 Å². The van der Waals surface area contributed by atoms with Gasteiger partial charge in [-0.1, -0.05) is 11.6 Å². The van der Waals surface area contributed by atoms with Gasteiger partial charge in [0.25, 0.3) is 5.91 Å². The Morgan fingerprint density at radius 1 is 1.09 bits per heavy atom. The van der Waals surface area contributed by atoms with Crippen molar-refractivity contribution < 1.29 is 32.3 Å². The van der Waals surface area contributed by atoms with Crippen LogP contribution < -0.4 is 20.8 Å². The largest absolute Gasteiger partial charge is 0.484 e. The highest BCUT2D eigenvalue weighted by Gasteiger charge is 2.33. The first-order chi connectivity index (χ1) is 15.5. The highest BCUT2D eigenvalue weighted by Crippen LogP contribution is 2.36. The minimum Gasteiger partial charge on any atom is -0.484 e. The summed E-state index contributed by atoms with van der Waals surface area (Å²) in [7, 11) is 0. The van der Waals surface area contributed by atoms with Crippen molar-refractivity contribution in [2.75, 3.05) is 11.9 Å². The van der Waals surface area contributed by atoms with E-state index in [2.05, 4.69) is 10.4 Å². The number of benzene rings is 2. The van der Waals surface area contributed by atoms with E-state index >= 15 is 0 Å².